The summed E-state index contributed by atoms with van der Waals surface area (Å²) in [5.74, 6) is 0. The van der Waals surface area contributed by atoms with Crippen LogP contribution in [0.3, 0.4) is 0 Å². The summed E-state index contributed by atoms with van der Waals surface area (Å²) in [7, 11) is -18.3. The maximum absolute atomic E-state index is 10.7. The van der Waals surface area contributed by atoms with Gasteiger partial charge in [-0.15, -0.1) is 0 Å². The van der Waals surface area contributed by atoms with Gasteiger partial charge >= 0.3 is 49.2 Å². The topological polar surface area (TPSA) is 455 Å². The summed E-state index contributed by atoms with van der Waals surface area (Å²) in [6, 6.07) is 0. The van der Waals surface area contributed by atoms with E-state index in [1.54, 1.807) is 0 Å². The Morgan fingerprint density at radius 3 is 0.382 bits per heavy atom. The van der Waals surface area contributed by atoms with Crippen molar-refractivity contribution in [2.24, 2.45) is 0 Å². The van der Waals surface area contributed by atoms with E-state index in [0.29, 0.717) is 0 Å². The maximum Gasteiger partial charge on any atom is 3.00 e. The largest absolute Gasteiger partial charge is 3.00 e. The van der Waals surface area contributed by atoms with Crippen molar-refractivity contribution in [2.75, 3.05) is 0 Å². The van der Waals surface area contributed by atoms with Crippen LogP contribution in [0.15, 0.2) is 0 Å². The Balaban J connectivity index is -0.0000000154. The van der Waals surface area contributed by atoms with Gasteiger partial charge in [-0.1, -0.05) is 0 Å². The second-order valence-electron chi connectivity index (χ2n) is 2.70. The molecule has 18 N–H and O–H groups in total. The first-order chi connectivity index (χ1) is 9.75. The van der Waals surface area contributed by atoms with Gasteiger partial charge in [0.15, 0.2) is 30.4 Å². The Labute approximate surface area is 207 Å². The Bertz CT molecular complexity index is 607. The summed E-state index contributed by atoms with van der Waals surface area (Å²) in [6.45, 7) is 0. The van der Waals surface area contributed by atoms with Gasteiger partial charge in [0.05, 0.1) is 0 Å². The van der Waals surface area contributed by atoms with Gasteiger partial charge in [0.25, 0.3) is 0 Å². The van der Waals surface area contributed by atoms with Crippen molar-refractivity contribution in [3.63, 3.8) is 0 Å². The third-order valence-electron chi connectivity index (χ3n) is 0.850. The van der Waals surface area contributed by atoms with Gasteiger partial charge in [0.1, 0.15) is 0 Å². The molecule has 0 unspecified atom stereocenters. The zero-order valence-electron chi connectivity index (χ0n) is 14.9. The summed E-state index contributed by atoms with van der Waals surface area (Å²) in [4.78, 5) is 0. The molecule has 0 spiro atoms. The second kappa shape index (κ2) is 25.9. The van der Waals surface area contributed by atoms with Crippen LogP contribution in [0.2, 0.25) is 0 Å². The van der Waals surface area contributed by atoms with Gasteiger partial charge < -0.3 is 62.9 Å². The van der Waals surface area contributed by atoms with E-state index in [-0.39, 0.29) is 82.0 Å². The molecule has 34 heavy (non-hydrogen) atoms. The first-order valence-corrected chi connectivity index (χ1v) is 8.04. The molecule has 0 radical (unpaired) electrons. The van der Waals surface area contributed by atoms with Crippen LogP contribution < -0.4 is 0 Å². The Hall–Kier alpha value is -0.156. The van der Waals surface area contributed by atoms with Gasteiger partial charge in [-0.3, -0.25) is 0 Å². The molecule has 0 rings (SSSR count). The minimum atomic E-state index is -6.09. The Kier molecular flexibility index (Phi) is 64.1. The molecule has 0 aromatic heterocycles. The van der Waals surface area contributed by atoms with Crippen molar-refractivity contribution in [2.45, 2.75) is 16.5 Å². The Morgan fingerprint density at radius 2 is 0.382 bits per heavy atom. The summed E-state index contributed by atoms with van der Waals surface area (Å²) in [5, 5.41) is 0. The quantitative estimate of drug-likeness (QED) is 0.131. The molecule has 0 saturated carbocycles. The van der Waals surface area contributed by atoms with Crippen LogP contribution in [0.4, 0.5) is 39.5 Å². The summed E-state index contributed by atoms with van der Waals surface area (Å²) < 4.78 is 177. The molecule has 0 aliphatic rings. The van der Waals surface area contributed by atoms with E-state index in [1.165, 1.54) is 0 Å². The van der Waals surface area contributed by atoms with Gasteiger partial charge in [0, 0.05) is 0 Å². The van der Waals surface area contributed by atoms with E-state index in [4.69, 9.17) is 38.9 Å². The van der Waals surface area contributed by atoms with Crippen molar-refractivity contribution in [1.29, 1.82) is 0 Å². The molecule has 0 fully saturated rings. The zero-order valence-corrected chi connectivity index (χ0v) is 20.2. The van der Waals surface area contributed by atoms with Crippen LogP contribution in [0, 0.1) is 0 Å². The van der Waals surface area contributed by atoms with E-state index in [2.05, 4.69) is 0 Å². The SMILES string of the molecule is O.O.O.O.O.O.O.O.O.O=S(=O)([O-])C(F)(F)F.O=S(=O)([O-])C(F)(F)F.O=S(=O)([O-])C(F)(F)F.[Y+3]. The molecule has 0 aliphatic heterocycles. The molecule has 0 amide bonds. The van der Waals surface area contributed by atoms with Gasteiger partial charge in [-0.05, 0) is 0 Å². The fourth-order valence-corrected chi connectivity index (χ4v) is 0. The molecule has 0 heterocycles. The fraction of sp³-hybridized carbons (Fsp3) is 1.00. The molecule has 0 aromatic rings. The van der Waals surface area contributed by atoms with Crippen LogP contribution in [-0.4, -0.2) is 105 Å². The standard InChI is InChI=1S/3CHF3O3S.9H2O.Y/c3*2-1(3,4)8(5,6)7;;;;;;;;;;/h3*(H,5,6,7);9*1H2;/q;;;;;;;;;;;;+3/p-3. The van der Waals surface area contributed by atoms with Crippen LogP contribution in [-0.2, 0) is 63.1 Å². The van der Waals surface area contributed by atoms with E-state index in [1.807, 2.05) is 0 Å². The van der Waals surface area contributed by atoms with Gasteiger partial charge in [0.2, 0.25) is 0 Å². The molecule has 0 bridgehead atoms. The number of halogens is 9. The number of alkyl halides is 9. The summed E-state index contributed by atoms with van der Waals surface area (Å²) in [5.41, 5.74) is -16.9. The minimum Gasteiger partial charge on any atom is -0.741 e. The van der Waals surface area contributed by atoms with Crippen molar-refractivity contribution < 1.29 is 160 Å². The first-order valence-electron chi connectivity index (χ1n) is 3.81. The maximum atomic E-state index is 10.7. The molecular formula is C3H18F9O18S3Y. The normalized spacial score (nSPS) is 9.88. The molecular weight excluding hydrogens is 680 g/mol. The van der Waals surface area contributed by atoms with E-state index >= 15 is 0 Å². The molecule has 222 valence electrons. The van der Waals surface area contributed by atoms with Crippen LogP contribution >= 0.6 is 0 Å². The minimum absolute atomic E-state index is 0. The van der Waals surface area contributed by atoms with Gasteiger partial charge in [-0.2, -0.15) is 39.5 Å². The third kappa shape index (κ3) is 42.0. The van der Waals surface area contributed by atoms with Crippen LogP contribution in [0.25, 0.3) is 0 Å². The smallest absolute Gasteiger partial charge is 0.741 e. The predicted molar refractivity (Wildman–Crippen MR) is 79.8 cm³/mol. The van der Waals surface area contributed by atoms with E-state index < -0.39 is 46.9 Å². The predicted octanol–water partition coefficient (Wildman–Crippen LogP) is -7.27. The Morgan fingerprint density at radius 1 is 0.353 bits per heavy atom. The average Bonchev–Trinajstić information content (AvgIpc) is 2.08. The molecule has 0 atom stereocenters. The third-order valence-corrected chi connectivity index (χ3v) is 2.55. The summed E-state index contributed by atoms with van der Waals surface area (Å²) >= 11 is 0. The van der Waals surface area contributed by atoms with Crippen LogP contribution in [0.1, 0.15) is 0 Å². The summed E-state index contributed by atoms with van der Waals surface area (Å²) in [6.07, 6.45) is 0. The van der Waals surface area contributed by atoms with Crippen molar-refractivity contribution in [3.05, 3.63) is 0 Å². The van der Waals surface area contributed by atoms with Gasteiger partial charge in [-0.25, -0.2) is 25.3 Å². The second-order valence-corrected chi connectivity index (χ2v) is 6.81. The number of rotatable bonds is 0. The molecule has 0 saturated heterocycles. The van der Waals surface area contributed by atoms with Crippen LogP contribution in [0.5, 0.6) is 0 Å². The van der Waals surface area contributed by atoms with Crippen molar-refractivity contribution >= 4 is 30.4 Å². The number of hydrogen-bond donors (Lipinski definition) is 0. The molecule has 0 aromatic carbocycles. The van der Waals surface area contributed by atoms with Crippen molar-refractivity contribution in [1.82, 2.24) is 0 Å². The monoisotopic (exact) mass is 698 g/mol. The number of hydrogen-bond acceptors (Lipinski definition) is 9. The molecule has 18 nitrogen and oxygen atoms in total. The van der Waals surface area contributed by atoms with E-state index in [9.17, 15) is 39.5 Å². The first kappa shape index (κ1) is 84.0. The zero-order chi connectivity index (χ0) is 21.0. The molecule has 0 aliphatic carbocycles. The van der Waals surface area contributed by atoms with E-state index in [0.717, 1.165) is 0 Å². The molecule has 31 heteroatoms. The average molecular weight is 698 g/mol. The fourth-order valence-electron chi connectivity index (χ4n) is 0. The van der Waals surface area contributed by atoms with Crippen molar-refractivity contribution in [3.8, 4) is 0 Å².